The molecule has 3 N–H and O–H groups in total. The molecule has 0 saturated carbocycles. The molecule has 3 unspecified atom stereocenters. The largest absolute Gasteiger partial charge is 0.344 e. The highest BCUT2D eigenvalue weighted by atomic mass is 35.5. The molecule has 1 saturated heterocycles. The van der Waals surface area contributed by atoms with Gasteiger partial charge in [0.1, 0.15) is 6.04 Å². The molecule has 5 nitrogen and oxygen atoms in total. The summed E-state index contributed by atoms with van der Waals surface area (Å²) in [5, 5.41) is 2.81. The molecule has 0 radical (unpaired) electrons. The molecule has 124 valence electrons. The minimum absolute atomic E-state index is 0. The van der Waals surface area contributed by atoms with Gasteiger partial charge in [0.25, 0.3) is 0 Å². The number of carbonyl (C=O) groups excluding carboxylic acids is 2. The third kappa shape index (κ3) is 5.47. The third-order valence-electron chi connectivity index (χ3n) is 3.84. The van der Waals surface area contributed by atoms with Crippen LogP contribution in [0.3, 0.4) is 0 Å². The lowest BCUT2D eigenvalue weighted by atomic mass is 9.94. The van der Waals surface area contributed by atoms with Gasteiger partial charge in [0, 0.05) is 24.0 Å². The van der Waals surface area contributed by atoms with Crippen LogP contribution in [0.2, 0.25) is 0 Å². The Bertz CT molecular complexity index is 366. The fourth-order valence-electron chi connectivity index (χ4n) is 2.50. The summed E-state index contributed by atoms with van der Waals surface area (Å²) in [7, 11) is 0. The van der Waals surface area contributed by atoms with Gasteiger partial charge in [-0.15, -0.1) is 12.4 Å². The van der Waals surface area contributed by atoms with Crippen LogP contribution in [-0.2, 0) is 9.59 Å². The standard InChI is InChI=1S/C15H29N3O2.ClH/c1-10(16)12-8-6-7-9-18(12)13(19)11(2)17-14(20)15(3,4)5;/h10-12H,6-9,16H2,1-5H3,(H,17,20);1H. The van der Waals surface area contributed by atoms with Crippen molar-refractivity contribution in [1.82, 2.24) is 10.2 Å². The van der Waals surface area contributed by atoms with Gasteiger partial charge in [0.15, 0.2) is 0 Å². The Balaban J connectivity index is 0.00000400. The smallest absolute Gasteiger partial charge is 0.245 e. The number of carbonyl (C=O) groups is 2. The molecule has 0 bridgehead atoms. The van der Waals surface area contributed by atoms with Crippen molar-refractivity contribution >= 4 is 24.2 Å². The first-order valence-electron chi connectivity index (χ1n) is 7.51. The van der Waals surface area contributed by atoms with E-state index in [2.05, 4.69) is 5.32 Å². The van der Waals surface area contributed by atoms with Crippen molar-refractivity contribution in [2.45, 2.75) is 72.0 Å². The Morgan fingerprint density at radius 2 is 1.81 bits per heavy atom. The zero-order chi connectivity index (χ0) is 15.5. The topological polar surface area (TPSA) is 75.4 Å². The molecule has 1 heterocycles. The van der Waals surface area contributed by atoms with E-state index in [1.54, 1.807) is 6.92 Å². The van der Waals surface area contributed by atoms with Crippen LogP contribution < -0.4 is 11.1 Å². The molecule has 0 aromatic heterocycles. The van der Waals surface area contributed by atoms with Gasteiger partial charge in [0.05, 0.1) is 0 Å². The lowest BCUT2D eigenvalue weighted by Crippen LogP contribution is -2.57. The molecule has 1 aliphatic rings. The molecule has 2 amide bonds. The highest BCUT2D eigenvalue weighted by Crippen LogP contribution is 2.20. The van der Waals surface area contributed by atoms with Crippen LogP contribution in [0.5, 0.6) is 0 Å². The van der Waals surface area contributed by atoms with E-state index in [0.29, 0.717) is 0 Å². The average molecular weight is 320 g/mol. The van der Waals surface area contributed by atoms with Crippen molar-refractivity contribution in [1.29, 1.82) is 0 Å². The summed E-state index contributed by atoms with van der Waals surface area (Å²) in [5.41, 5.74) is 5.50. The van der Waals surface area contributed by atoms with E-state index in [9.17, 15) is 9.59 Å². The lowest BCUT2D eigenvalue weighted by molar-refractivity contribution is -0.141. The summed E-state index contributed by atoms with van der Waals surface area (Å²) < 4.78 is 0. The number of hydrogen-bond acceptors (Lipinski definition) is 3. The molecular formula is C15H30ClN3O2. The van der Waals surface area contributed by atoms with Gasteiger partial charge in [-0.1, -0.05) is 20.8 Å². The highest BCUT2D eigenvalue weighted by Gasteiger charge is 2.33. The highest BCUT2D eigenvalue weighted by molar-refractivity contribution is 5.89. The molecule has 6 heteroatoms. The molecule has 0 aliphatic carbocycles. The molecule has 0 spiro atoms. The van der Waals surface area contributed by atoms with E-state index in [0.717, 1.165) is 25.8 Å². The van der Waals surface area contributed by atoms with Crippen LogP contribution in [0.4, 0.5) is 0 Å². The summed E-state index contributed by atoms with van der Waals surface area (Å²) in [5.74, 6) is -0.127. The Hall–Kier alpha value is -0.810. The van der Waals surface area contributed by atoms with Gasteiger partial charge in [-0.05, 0) is 33.1 Å². The minimum atomic E-state index is -0.499. The monoisotopic (exact) mass is 319 g/mol. The Morgan fingerprint density at radius 1 is 1.24 bits per heavy atom. The van der Waals surface area contributed by atoms with E-state index >= 15 is 0 Å². The number of halogens is 1. The fraction of sp³-hybridized carbons (Fsp3) is 0.867. The van der Waals surface area contributed by atoms with Gasteiger partial charge in [-0.2, -0.15) is 0 Å². The molecule has 1 fully saturated rings. The van der Waals surface area contributed by atoms with E-state index in [4.69, 9.17) is 5.73 Å². The van der Waals surface area contributed by atoms with Gasteiger partial charge in [0.2, 0.25) is 11.8 Å². The number of amides is 2. The summed E-state index contributed by atoms with van der Waals surface area (Å²) in [6.45, 7) is 9.94. The minimum Gasteiger partial charge on any atom is -0.344 e. The second-order valence-corrected chi connectivity index (χ2v) is 6.90. The molecule has 3 atom stereocenters. The SMILES string of the molecule is CC(NC(=O)C(C)(C)C)C(=O)N1CCCCC1C(C)N.Cl. The van der Waals surface area contributed by atoms with Crippen LogP contribution in [-0.4, -0.2) is 41.4 Å². The zero-order valence-electron chi connectivity index (χ0n) is 13.8. The Labute approximate surface area is 134 Å². The van der Waals surface area contributed by atoms with Gasteiger partial charge in [-0.3, -0.25) is 9.59 Å². The van der Waals surface area contributed by atoms with Crippen LogP contribution in [0.1, 0.15) is 53.9 Å². The second-order valence-electron chi connectivity index (χ2n) is 6.90. The van der Waals surface area contributed by atoms with E-state index < -0.39 is 11.5 Å². The molecule has 0 aromatic rings. The van der Waals surface area contributed by atoms with Crippen molar-refractivity contribution in [2.75, 3.05) is 6.54 Å². The summed E-state index contributed by atoms with van der Waals surface area (Å²) >= 11 is 0. The van der Waals surface area contributed by atoms with Crippen LogP contribution in [0, 0.1) is 5.41 Å². The molecule has 1 aliphatic heterocycles. The fourth-order valence-corrected chi connectivity index (χ4v) is 2.50. The van der Waals surface area contributed by atoms with E-state index in [-0.39, 0.29) is 36.3 Å². The van der Waals surface area contributed by atoms with Crippen LogP contribution in [0.25, 0.3) is 0 Å². The van der Waals surface area contributed by atoms with Gasteiger partial charge >= 0.3 is 0 Å². The summed E-state index contributed by atoms with van der Waals surface area (Å²) in [6, 6.07) is -0.448. The predicted molar refractivity (Wildman–Crippen MR) is 87.3 cm³/mol. The number of nitrogens with two attached hydrogens (primary N) is 1. The molecule has 1 rings (SSSR count). The summed E-state index contributed by atoms with van der Waals surface area (Å²) in [6.07, 6.45) is 3.07. The first-order valence-corrected chi connectivity index (χ1v) is 7.51. The number of likely N-dealkylation sites (tertiary alicyclic amines) is 1. The van der Waals surface area contributed by atoms with Crippen molar-refractivity contribution in [2.24, 2.45) is 11.1 Å². The van der Waals surface area contributed by atoms with Crippen LogP contribution >= 0.6 is 12.4 Å². The first-order chi connectivity index (χ1) is 9.14. The molecular weight excluding hydrogens is 290 g/mol. The number of rotatable bonds is 3. The number of hydrogen-bond donors (Lipinski definition) is 2. The van der Waals surface area contributed by atoms with Crippen molar-refractivity contribution in [3.05, 3.63) is 0 Å². The third-order valence-corrected chi connectivity index (χ3v) is 3.84. The quantitative estimate of drug-likeness (QED) is 0.831. The molecule has 0 aromatic carbocycles. The zero-order valence-corrected chi connectivity index (χ0v) is 14.6. The first kappa shape index (κ1) is 20.2. The van der Waals surface area contributed by atoms with E-state index in [1.807, 2.05) is 32.6 Å². The maximum atomic E-state index is 12.5. The maximum Gasteiger partial charge on any atom is 0.245 e. The van der Waals surface area contributed by atoms with Crippen LogP contribution in [0.15, 0.2) is 0 Å². The van der Waals surface area contributed by atoms with Gasteiger partial charge < -0.3 is 16.0 Å². The Morgan fingerprint density at radius 3 is 2.29 bits per heavy atom. The maximum absolute atomic E-state index is 12.5. The number of nitrogens with one attached hydrogen (secondary N) is 1. The average Bonchev–Trinajstić information content (AvgIpc) is 2.36. The van der Waals surface area contributed by atoms with Gasteiger partial charge in [-0.25, -0.2) is 0 Å². The summed E-state index contributed by atoms with van der Waals surface area (Å²) in [4.78, 5) is 26.4. The van der Waals surface area contributed by atoms with Crippen molar-refractivity contribution in [3.8, 4) is 0 Å². The molecule has 21 heavy (non-hydrogen) atoms. The number of nitrogens with zero attached hydrogens (tertiary/aromatic N) is 1. The normalized spacial score (nSPS) is 22.0. The predicted octanol–water partition coefficient (Wildman–Crippen LogP) is 1.69. The van der Waals surface area contributed by atoms with Crippen molar-refractivity contribution in [3.63, 3.8) is 0 Å². The second kappa shape index (κ2) is 7.99. The number of piperidine rings is 1. The lowest BCUT2D eigenvalue weighted by Gasteiger charge is -2.39. The Kier molecular flexibility index (Phi) is 7.68. The van der Waals surface area contributed by atoms with Crippen molar-refractivity contribution < 1.29 is 9.59 Å². The van der Waals surface area contributed by atoms with E-state index in [1.165, 1.54) is 0 Å².